The third-order valence-corrected chi connectivity index (χ3v) is 4.30. The van der Waals surface area contributed by atoms with Crippen LogP contribution in [0.4, 0.5) is 0 Å². The van der Waals surface area contributed by atoms with Gasteiger partial charge in [-0.25, -0.2) is 4.98 Å². The molecule has 0 saturated carbocycles. The van der Waals surface area contributed by atoms with E-state index in [-0.39, 0.29) is 0 Å². The molecule has 19 heavy (non-hydrogen) atoms. The Morgan fingerprint density at radius 2 is 1.95 bits per heavy atom. The summed E-state index contributed by atoms with van der Waals surface area (Å²) < 4.78 is 0. The summed E-state index contributed by atoms with van der Waals surface area (Å²) >= 11 is 1.80. The molecule has 0 saturated heterocycles. The van der Waals surface area contributed by atoms with Gasteiger partial charge in [-0.15, -0.1) is 11.3 Å². The average molecular weight is 274 g/mol. The highest BCUT2D eigenvalue weighted by molar-refractivity contribution is 7.15. The molecule has 0 aliphatic rings. The van der Waals surface area contributed by atoms with Gasteiger partial charge in [0.2, 0.25) is 0 Å². The van der Waals surface area contributed by atoms with Crippen molar-refractivity contribution >= 4 is 11.3 Å². The Morgan fingerprint density at radius 3 is 2.63 bits per heavy atom. The summed E-state index contributed by atoms with van der Waals surface area (Å²) in [5.41, 5.74) is 3.70. The van der Waals surface area contributed by atoms with E-state index in [1.807, 2.05) is 0 Å². The minimum Gasteiger partial charge on any atom is -0.312 e. The van der Waals surface area contributed by atoms with E-state index in [1.54, 1.807) is 11.3 Å². The first-order valence-electron chi connectivity index (χ1n) is 6.81. The predicted octanol–water partition coefficient (Wildman–Crippen LogP) is 4.17. The van der Waals surface area contributed by atoms with Crippen LogP contribution in [0.2, 0.25) is 0 Å². The highest BCUT2D eigenvalue weighted by atomic mass is 32.1. The summed E-state index contributed by atoms with van der Waals surface area (Å²) in [6.45, 7) is 10.7. The van der Waals surface area contributed by atoms with Gasteiger partial charge in [0.1, 0.15) is 5.01 Å². The van der Waals surface area contributed by atoms with Gasteiger partial charge >= 0.3 is 0 Å². The predicted molar refractivity (Wildman–Crippen MR) is 83.6 cm³/mol. The minimum atomic E-state index is 0.684. The number of nitrogens with zero attached hydrogens (tertiary/aromatic N) is 1. The Labute approximate surface area is 119 Å². The molecule has 1 aromatic carbocycles. The second-order valence-corrected chi connectivity index (χ2v) is 6.45. The number of rotatable bonds is 5. The zero-order valence-electron chi connectivity index (χ0n) is 12.2. The van der Waals surface area contributed by atoms with Gasteiger partial charge in [-0.1, -0.05) is 38.1 Å². The highest BCUT2D eigenvalue weighted by Crippen LogP contribution is 2.29. The number of aryl methyl sites for hydroxylation is 2. The van der Waals surface area contributed by atoms with E-state index in [1.165, 1.54) is 16.0 Å². The smallest absolute Gasteiger partial charge is 0.124 e. The monoisotopic (exact) mass is 274 g/mol. The second-order valence-electron chi connectivity index (χ2n) is 5.37. The fourth-order valence-electron chi connectivity index (χ4n) is 1.99. The van der Waals surface area contributed by atoms with Crippen LogP contribution in [0.5, 0.6) is 0 Å². The van der Waals surface area contributed by atoms with Crippen molar-refractivity contribution in [1.82, 2.24) is 10.3 Å². The SMILES string of the molecule is Cc1ccccc1-c1nc(C)c(CNCC(C)C)s1. The van der Waals surface area contributed by atoms with E-state index < -0.39 is 0 Å². The number of thiazole rings is 1. The second kappa shape index (κ2) is 6.31. The van der Waals surface area contributed by atoms with Gasteiger partial charge in [0.25, 0.3) is 0 Å². The van der Waals surface area contributed by atoms with Crippen LogP contribution in [0.3, 0.4) is 0 Å². The van der Waals surface area contributed by atoms with Crippen LogP contribution in [0.25, 0.3) is 10.6 Å². The van der Waals surface area contributed by atoms with Crippen molar-refractivity contribution in [1.29, 1.82) is 0 Å². The summed E-state index contributed by atoms with van der Waals surface area (Å²) in [7, 11) is 0. The molecule has 1 heterocycles. The maximum absolute atomic E-state index is 4.72. The van der Waals surface area contributed by atoms with Crippen LogP contribution >= 0.6 is 11.3 Å². The number of aromatic nitrogens is 1. The molecule has 2 rings (SSSR count). The van der Waals surface area contributed by atoms with Gasteiger partial charge in [0.05, 0.1) is 5.69 Å². The van der Waals surface area contributed by atoms with Gasteiger partial charge in [0, 0.05) is 17.0 Å². The first-order chi connectivity index (χ1) is 9.08. The largest absolute Gasteiger partial charge is 0.312 e. The summed E-state index contributed by atoms with van der Waals surface area (Å²) in [4.78, 5) is 6.06. The lowest BCUT2D eigenvalue weighted by atomic mass is 10.1. The Morgan fingerprint density at radius 1 is 1.21 bits per heavy atom. The maximum Gasteiger partial charge on any atom is 0.124 e. The van der Waals surface area contributed by atoms with E-state index >= 15 is 0 Å². The molecular formula is C16H22N2S. The molecule has 0 unspecified atom stereocenters. The summed E-state index contributed by atoms with van der Waals surface area (Å²) in [6.07, 6.45) is 0. The molecule has 2 nitrogen and oxygen atoms in total. The number of hydrogen-bond donors (Lipinski definition) is 1. The van der Waals surface area contributed by atoms with Crippen LogP contribution in [-0.2, 0) is 6.54 Å². The Balaban J connectivity index is 2.15. The zero-order valence-corrected chi connectivity index (χ0v) is 13.0. The van der Waals surface area contributed by atoms with E-state index in [9.17, 15) is 0 Å². The Bertz CT molecular complexity index is 543. The van der Waals surface area contributed by atoms with Crippen molar-refractivity contribution in [2.24, 2.45) is 5.92 Å². The first kappa shape index (κ1) is 14.2. The molecular weight excluding hydrogens is 252 g/mol. The van der Waals surface area contributed by atoms with E-state index in [0.717, 1.165) is 23.8 Å². The van der Waals surface area contributed by atoms with Gasteiger partial charge < -0.3 is 5.32 Å². The average Bonchev–Trinajstić information content (AvgIpc) is 2.71. The molecule has 1 N–H and O–H groups in total. The topological polar surface area (TPSA) is 24.9 Å². The summed E-state index contributed by atoms with van der Waals surface area (Å²) in [5, 5.41) is 4.63. The van der Waals surface area contributed by atoms with E-state index in [0.29, 0.717) is 5.92 Å². The van der Waals surface area contributed by atoms with Crippen molar-refractivity contribution in [2.75, 3.05) is 6.54 Å². The van der Waals surface area contributed by atoms with Crippen LogP contribution in [0.1, 0.15) is 30.0 Å². The lowest BCUT2D eigenvalue weighted by Crippen LogP contribution is -2.18. The quantitative estimate of drug-likeness (QED) is 0.885. The normalized spacial score (nSPS) is 11.2. The number of benzene rings is 1. The van der Waals surface area contributed by atoms with Crippen LogP contribution < -0.4 is 5.32 Å². The molecule has 0 fully saturated rings. The molecule has 0 aliphatic carbocycles. The molecule has 0 radical (unpaired) electrons. The molecule has 0 spiro atoms. The van der Waals surface area contributed by atoms with Crippen LogP contribution in [-0.4, -0.2) is 11.5 Å². The molecule has 3 heteroatoms. The molecule has 1 aromatic heterocycles. The Kier molecular flexibility index (Phi) is 4.72. The minimum absolute atomic E-state index is 0.684. The Hall–Kier alpha value is -1.19. The van der Waals surface area contributed by atoms with Crippen molar-refractivity contribution in [2.45, 2.75) is 34.2 Å². The molecule has 0 atom stereocenters. The number of nitrogens with one attached hydrogen (secondary N) is 1. The zero-order chi connectivity index (χ0) is 13.8. The van der Waals surface area contributed by atoms with Crippen molar-refractivity contribution in [3.63, 3.8) is 0 Å². The van der Waals surface area contributed by atoms with Crippen LogP contribution in [0.15, 0.2) is 24.3 Å². The summed E-state index contributed by atoms with van der Waals surface area (Å²) in [6, 6.07) is 8.45. The van der Waals surface area contributed by atoms with E-state index in [4.69, 9.17) is 4.98 Å². The molecule has 0 aliphatic heterocycles. The standard InChI is InChI=1S/C16H22N2S/c1-11(2)9-17-10-15-13(4)18-16(19-15)14-8-6-5-7-12(14)3/h5-8,11,17H,9-10H2,1-4H3. The fraction of sp³-hybridized carbons (Fsp3) is 0.438. The van der Waals surface area contributed by atoms with Crippen molar-refractivity contribution in [3.8, 4) is 10.6 Å². The molecule has 0 bridgehead atoms. The lowest BCUT2D eigenvalue weighted by molar-refractivity contribution is 0.554. The third-order valence-electron chi connectivity index (χ3n) is 3.11. The van der Waals surface area contributed by atoms with Gasteiger partial charge in [-0.3, -0.25) is 0 Å². The number of hydrogen-bond acceptors (Lipinski definition) is 3. The van der Waals surface area contributed by atoms with Gasteiger partial charge in [-0.2, -0.15) is 0 Å². The molecule has 0 amide bonds. The maximum atomic E-state index is 4.72. The molecule has 2 aromatic rings. The highest BCUT2D eigenvalue weighted by Gasteiger charge is 2.10. The van der Waals surface area contributed by atoms with Gasteiger partial charge in [0.15, 0.2) is 0 Å². The fourth-order valence-corrected chi connectivity index (χ4v) is 3.12. The summed E-state index contributed by atoms with van der Waals surface area (Å²) in [5.74, 6) is 0.684. The lowest BCUT2D eigenvalue weighted by Gasteiger charge is -2.05. The van der Waals surface area contributed by atoms with E-state index in [2.05, 4.69) is 57.3 Å². The molecule has 102 valence electrons. The van der Waals surface area contributed by atoms with Crippen molar-refractivity contribution in [3.05, 3.63) is 40.4 Å². The third kappa shape index (κ3) is 3.64. The van der Waals surface area contributed by atoms with Crippen LogP contribution in [0, 0.1) is 19.8 Å². The van der Waals surface area contributed by atoms with Gasteiger partial charge in [-0.05, 0) is 31.9 Å². The first-order valence-corrected chi connectivity index (χ1v) is 7.62. The van der Waals surface area contributed by atoms with Crippen molar-refractivity contribution < 1.29 is 0 Å².